The Hall–Kier alpha value is -1.45. The minimum Gasteiger partial charge on any atom is -0.273 e. The highest BCUT2D eigenvalue weighted by Crippen LogP contribution is 2.38. The van der Waals surface area contributed by atoms with Gasteiger partial charge in [0.15, 0.2) is 0 Å². The van der Waals surface area contributed by atoms with Gasteiger partial charge in [0, 0.05) is 18.7 Å². The molecule has 0 saturated heterocycles. The van der Waals surface area contributed by atoms with E-state index in [1.54, 1.807) is 27.4 Å². The summed E-state index contributed by atoms with van der Waals surface area (Å²) < 4.78 is 29.1. The van der Waals surface area contributed by atoms with Crippen molar-refractivity contribution in [1.29, 1.82) is 0 Å². The summed E-state index contributed by atoms with van der Waals surface area (Å²) in [5.41, 5.74) is 2.99. The molecule has 2 aromatic carbocycles. The number of fused-ring (bicyclic) bond motifs is 1. The molecule has 2 aromatic rings. The minimum atomic E-state index is -3.54. The third-order valence-electron chi connectivity index (χ3n) is 5.25. The van der Waals surface area contributed by atoms with Gasteiger partial charge in [0.2, 0.25) is 10.0 Å². The molecule has 0 fully saturated rings. The van der Waals surface area contributed by atoms with E-state index in [0.29, 0.717) is 18.7 Å². The Kier molecular flexibility index (Phi) is 7.34. The average Bonchev–Trinajstić information content (AvgIpc) is 3.17. The van der Waals surface area contributed by atoms with Gasteiger partial charge < -0.3 is 0 Å². The van der Waals surface area contributed by atoms with Gasteiger partial charge in [-0.1, -0.05) is 38.1 Å². The highest BCUT2D eigenvalue weighted by Gasteiger charge is 2.30. The standard InChI is InChI=1S/C22H27IN2O3S/c1-3-15-24(16-4-2)29(27,28)19-12-9-18(10-13-19)22(26)25(23)21-14-11-17-7-5-6-8-20(17)21/h5-10,12-13,21H,3-4,11,14-16H2,1-2H3. The molecule has 0 heterocycles. The predicted molar refractivity (Wildman–Crippen MR) is 123 cm³/mol. The first-order valence-corrected chi connectivity index (χ1v) is 12.5. The molecule has 0 radical (unpaired) electrons. The summed E-state index contributed by atoms with van der Waals surface area (Å²) in [6.07, 6.45) is 3.41. The first kappa shape index (κ1) is 22.2. The second-order valence-corrected chi connectivity index (χ2v) is 10.3. The summed E-state index contributed by atoms with van der Waals surface area (Å²) in [7, 11) is -3.54. The monoisotopic (exact) mass is 526 g/mol. The number of sulfonamides is 1. The minimum absolute atomic E-state index is 0.0484. The summed E-state index contributed by atoms with van der Waals surface area (Å²) >= 11 is 2.08. The van der Waals surface area contributed by atoms with E-state index in [2.05, 4.69) is 35.0 Å². The normalized spacial score (nSPS) is 16.1. The Balaban J connectivity index is 1.78. The fourth-order valence-corrected chi connectivity index (χ4v) is 6.29. The van der Waals surface area contributed by atoms with Crippen LogP contribution >= 0.6 is 22.9 Å². The van der Waals surface area contributed by atoms with Crippen LogP contribution in [0, 0.1) is 0 Å². The average molecular weight is 526 g/mol. The summed E-state index contributed by atoms with van der Waals surface area (Å²) in [5.74, 6) is -0.102. The molecule has 7 heteroatoms. The van der Waals surface area contributed by atoms with E-state index in [0.717, 1.165) is 25.7 Å². The Labute approximate surface area is 187 Å². The maximum absolute atomic E-state index is 13.0. The number of hydrogen-bond acceptors (Lipinski definition) is 3. The second kappa shape index (κ2) is 9.57. The molecule has 3 rings (SSSR count). The van der Waals surface area contributed by atoms with Crippen LogP contribution in [0.5, 0.6) is 0 Å². The molecular formula is C22H27IN2O3S. The summed E-state index contributed by atoms with van der Waals surface area (Å²) in [6.45, 7) is 4.94. The van der Waals surface area contributed by atoms with Gasteiger partial charge in [-0.15, -0.1) is 0 Å². The topological polar surface area (TPSA) is 57.7 Å². The number of hydrogen-bond donors (Lipinski definition) is 0. The van der Waals surface area contributed by atoms with Crippen molar-refractivity contribution >= 4 is 38.8 Å². The number of aryl methyl sites for hydroxylation is 1. The lowest BCUT2D eigenvalue weighted by molar-refractivity contribution is 0.0855. The third-order valence-corrected chi connectivity index (χ3v) is 8.28. The number of halogens is 1. The van der Waals surface area contributed by atoms with Gasteiger partial charge in [-0.25, -0.2) is 8.42 Å². The lowest BCUT2D eigenvalue weighted by Crippen LogP contribution is -2.32. The largest absolute Gasteiger partial charge is 0.273 e. The number of carbonyl (C=O) groups is 1. The van der Waals surface area contributed by atoms with Gasteiger partial charge in [-0.3, -0.25) is 7.91 Å². The van der Waals surface area contributed by atoms with E-state index in [1.807, 2.05) is 26.0 Å². The molecule has 1 atom stereocenters. The highest BCUT2D eigenvalue weighted by atomic mass is 127. The molecule has 1 amide bonds. The maximum atomic E-state index is 13.0. The Morgan fingerprint density at radius 1 is 1.03 bits per heavy atom. The zero-order chi connectivity index (χ0) is 21.0. The van der Waals surface area contributed by atoms with Crippen molar-refractivity contribution in [1.82, 2.24) is 7.42 Å². The maximum Gasteiger partial charge on any atom is 0.263 e. The number of nitrogens with zero attached hydrogens (tertiary/aromatic N) is 2. The van der Waals surface area contributed by atoms with Crippen molar-refractivity contribution < 1.29 is 13.2 Å². The lowest BCUT2D eigenvalue weighted by Gasteiger charge is -2.24. The molecule has 0 aliphatic heterocycles. The van der Waals surface area contributed by atoms with E-state index in [1.165, 1.54) is 15.4 Å². The molecule has 0 N–H and O–H groups in total. The van der Waals surface area contributed by atoms with Crippen molar-refractivity contribution in [3.63, 3.8) is 0 Å². The predicted octanol–water partition coefficient (Wildman–Crippen LogP) is 4.98. The van der Waals surface area contributed by atoms with Crippen LogP contribution in [0.3, 0.4) is 0 Å². The molecule has 5 nitrogen and oxygen atoms in total. The first-order chi connectivity index (χ1) is 13.9. The molecule has 0 bridgehead atoms. The zero-order valence-corrected chi connectivity index (χ0v) is 19.8. The smallest absolute Gasteiger partial charge is 0.263 e. The molecule has 1 aliphatic carbocycles. The molecular weight excluding hydrogens is 499 g/mol. The van der Waals surface area contributed by atoms with Gasteiger partial charge in [0.05, 0.1) is 33.8 Å². The van der Waals surface area contributed by atoms with Crippen molar-refractivity contribution in [2.24, 2.45) is 0 Å². The van der Waals surface area contributed by atoms with Crippen molar-refractivity contribution in [3.05, 3.63) is 65.2 Å². The Bertz CT molecular complexity index is 954. The Morgan fingerprint density at radius 3 is 2.28 bits per heavy atom. The fraction of sp³-hybridized carbons (Fsp3) is 0.409. The first-order valence-electron chi connectivity index (χ1n) is 10.1. The van der Waals surface area contributed by atoms with Crippen LogP contribution in [-0.4, -0.2) is 34.8 Å². The SMILES string of the molecule is CCCN(CCC)S(=O)(=O)c1ccc(C(=O)N(I)C2CCc3ccccc32)cc1. The van der Waals surface area contributed by atoms with Gasteiger partial charge in [0.1, 0.15) is 0 Å². The van der Waals surface area contributed by atoms with Crippen LogP contribution in [0.1, 0.15) is 60.6 Å². The van der Waals surface area contributed by atoms with E-state index < -0.39 is 10.0 Å². The lowest BCUT2D eigenvalue weighted by atomic mass is 10.1. The van der Waals surface area contributed by atoms with Crippen LogP contribution < -0.4 is 0 Å². The van der Waals surface area contributed by atoms with Gasteiger partial charge in [-0.2, -0.15) is 4.31 Å². The molecule has 29 heavy (non-hydrogen) atoms. The molecule has 1 unspecified atom stereocenters. The summed E-state index contributed by atoms with van der Waals surface area (Å²) in [6, 6.07) is 14.6. The highest BCUT2D eigenvalue weighted by molar-refractivity contribution is 14.1. The Morgan fingerprint density at radius 2 is 1.66 bits per heavy atom. The third kappa shape index (κ3) is 4.67. The summed E-state index contributed by atoms with van der Waals surface area (Å²) in [5, 5.41) is 0. The quantitative estimate of drug-likeness (QED) is 0.360. The number of amides is 1. The van der Waals surface area contributed by atoms with Crippen LogP contribution in [0.15, 0.2) is 53.4 Å². The van der Waals surface area contributed by atoms with E-state index in [4.69, 9.17) is 0 Å². The molecule has 156 valence electrons. The molecule has 0 aromatic heterocycles. The van der Waals surface area contributed by atoms with Crippen LogP contribution in [-0.2, 0) is 16.4 Å². The van der Waals surface area contributed by atoms with E-state index in [-0.39, 0.29) is 16.8 Å². The fourth-order valence-electron chi connectivity index (χ4n) is 3.80. The van der Waals surface area contributed by atoms with Gasteiger partial charge >= 0.3 is 0 Å². The van der Waals surface area contributed by atoms with Gasteiger partial charge in [-0.05, 0) is 61.1 Å². The molecule has 0 spiro atoms. The van der Waals surface area contributed by atoms with Crippen molar-refractivity contribution in [3.8, 4) is 0 Å². The summed E-state index contributed by atoms with van der Waals surface area (Å²) in [4.78, 5) is 13.2. The number of benzene rings is 2. The zero-order valence-electron chi connectivity index (χ0n) is 16.8. The molecule has 0 saturated carbocycles. The van der Waals surface area contributed by atoms with Crippen LogP contribution in [0.2, 0.25) is 0 Å². The molecule has 1 aliphatic rings. The number of carbonyl (C=O) groups excluding carboxylic acids is 1. The van der Waals surface area contributed by atoms with Crippen molar-refractivity contribution in [2.45, 2.75) is 50.5 Å². The van der Waals surface area contributed by atoms with E-state index >= 15 is 0 Å². The van der Waals surface area contributed by atoms with Crippen LogP contribution in [0.25, 0.3) is 0 Å². The second-order valence-electron chi connectivity index (χ2n) is 7.30. The van der Waals surface area contributed by atoms with Gasteiger partial charge in [0.25, 0.3) is 5.91 Å². The van der Waals surface area contributed by atoms with Crippen molar-refractivity contribution in [2.75, 3.05) is 13.1 Å². The van der Waals surface area contributed by atoms with Crippen LogP contribution in [0.4, 0.5) is 0 Å². The van der Waals surface area contributed by atoms with E-state index in [9.17, 15) is 13.2 Å². The number of rotatable bonds is 8.